The zero-order valence-corrected chi connectivity index (χ0v) is 10.2. The van der Waals surface area contributed by atoms with Crippen LogP contribution in [0.3, 0.4) is 0 Å². The second kappa shape index (κ2) is 6.32. The molecule has 2 amide bonds. The molecule has 0 aromatic heterocycles. The Morgan fingerprint density at radius 2 is 1.76 bits per heavy atom. The smallest absolute Gasteiger partial charge is 0.319 e. The van der Waals surface area contributed by atoms with Gasteiger partial charge in [-0.1, -0.05) is 23.2 Å². The van der Waals surface area contributed by atoms with Gasteiger partial charge in [0.25, 0.3) is 0 Å². The van der Waals surface area contributed by atoms with Gasteiger partial charge >= 0.3 is 12.0 Å². The molecule has 0 aliphatic heterocycles. The average molecular weight is 277 g/mol. The molecule has 0 radical (unpaired) electrons. The number of carboxylic acids is 1. The van der Waals surface area contributed by atoms with E-state index in [1.165, 1.54) is 18.2 Å². The molecule has 92 valence electrons. The Labute approximate surface area is 108 Å². The SMILES string of the molecule is O=C(O)CCNC(=O)Nc1cc(Cl)cc(Cl)c1. The third-order valence-corrected chi connectivity index (χ3v) is 2.18. The second-order valence-corrected chi connectivity index (χ2v) is 4.06. The third-order valence-electron chi connectivity index (χ3n) is 1.74. The van der Waals surface area contributed by atoms with Crippen molar-refractivity contribution in [2.45, 2.75) is 6.42 Å². The number of carbonyl (C=O) groups is 2. The first-order valence-corrected chi connectivity index (χ1v) is 5.45. The summed E-state index contributed by atoms with van der Waals surface area (Å²) in [7, 11) is 0. The first-order chi connectivity index (χ1) is 7.97. The molecule has 0 spiro atoms. The van der Waals surface area contributed by atoms with Crippen LogP contribution < -0.4 is 10.6 Å². The van der Waals surface area contributed by atoms with Crippen molar-refractivity contribution < 1.29 is 14.7 Å². The Balaban J connectivity index is 2.47. The number of aliphatic carboxylic acids is 1. The van der Waals surface area contributed by atoms with Crippen LogP contribution in [0.1, 0.15) is 6.42 Å². The molecule has 17 heavy (non-hydrogen) atoms. The summed E-state index contributed by atoms with van der Waals surface area (Å²) < 4.78 is 0. The number of urea groups is 1. The summed E-state index contributed by atoms with van der Waals surface area (Å²) in [6, 6.07) is 4.09. The van der Waals surface area contributed by atoms with E-state index in [0.717, 1.165) is 0 Å². The number of hydrogen-bond donors (Lipinski definition) is 3. The van der Waals surface area contributed by atoms with Crippen molar-refractivity contribution in [2.75, 3.05) is 11.9 Å². The van der Waals surface area contributed by atoms with Crippen molar-refractivity contribution in [1.82, 2.24) is 5.32 Å². The maximum Gasteiger partial charge on any atom is 0.319 e. The molecular formula is C10H10Cl2N2O3. The zero-order valence-electron chi connectivity index (χ0n) is 8.67. The van der Waals surface area contributed by atoms with Gasteiger partial charge in [-0.3, -0.25) is 4.79 Å². The Morgan fingerprint density at radius 1 is 1.18 bits per heavy atom. The lowest BCUT2D eigenvalue weighted by atomic mass is 10.3. The number of rotatable bonds is 4. The van der Waals surface area contributed by atoms with E-state index in [-0.39, 0.29) is 13.0 Å². The molecule has 1 rings (SSSR count). The number of nitrogens with one attached hydrogen (secondary N) is 2. The summed E-state index contributed by atoms with van der Waals surface area (Å²) in [5, 5.41) is 14.1. The van der Waals surface area contributed by atoms with Gasteiger partial charge in [-0.25, -0.2) is 4.79 Å². The van der Waals surface area contributed by atoms with Crippen molar-refractivity contribution in [2.24, 2.45) is 0 Å². The number of amides is 2. The predicted octanol–water partition coefficient (Wildman–Crippen LogP) is 2.59. The van der Waals surface area contributed by atoms with Crippen LogP contribution in [0, 0.1) is 0 Å². The van der Waals surface area contributed by atoms with E-state index in [1.807, 2.05) is 0 Å². The van der Waals surface area contributed by atoms with Gasteiger partial charge in [0.15, 0.2) is 0 Å². The average Bonchev–Trinajstić information content (AvgIpc) is 2.14. The van der Waals surface area contributed by atoms with E-state index in [4.69, 9.17) is 28.3 Å². The molecule has 0 unspecified atom stereocenters. The molecule has 0 saturated heterocycles. The van der Waals surface area contributed by atoms with Gasteiger partial charge in [0.05, 0.1) is 6.42 Å². The highest BCUT2D eigenvalue weighted by Crippen LogP contribution is 2.22. The maximum absolute atomic E-state index is 11.3. The molecule has 0 fully saturated rings. The largest absolute Gasteiger partial charge is 0.481 e. The van der Waals surface area contributed by atoms with Gasteiger partial charge in [0.2, 0.25) is 0 Å². The lowest BCUT2D eigenvalue weighted by Crippen LogP contribution is -2.30. The summed E-state index contributed by atoms with van der Waals surface area (Å²) in [4.78, 5) is 21.5. The predicted molar refractivity (Wildman–Crippen MR) is 65.7 cm³/mol. The summed E-state index contributed by atoms with van der Waals surface area (Å²) in [5.41, 5.74) is 0.440. The van der Waals surface area contributed by atoms with E-state index in [1.54, 1.807) is 0 Å². The summed E-state index contributed by atoms with van der Waals surface area (Å²) in [5.74, 6) is -0.976. The molecular weight excluding hydrogens is 267 g/mol. The van der Waals surface area contributed by atoms with Gasteiger partial charge in [0.1, 0.15) is 0 Å². The quantitative estimate of drug-likeness (QED) is 0.791. The fourth-order valence-corrected chi connectivity index (χ4v) is 1.61. The van der Waals surface area contributed by atoms with Crippen LogP contribution in [0.5, 0.6) is 0 Å². The molecule has 1 aromatic carbocycles. The van der Waals surface area contributed by atoms with E-state index < -0.39 is 12.0 Å². The molecule has 7 heteroatoms. The molecule has 3 N–H and O–H groups in total. The fraction of sp³-hybridized carbons (Fsp3) is 0.200. The van der Waals surface area contributed by atoms with E-state index in [2.05, 4.69) is 10.6 Å². The molecule has 0 bridgehead atoms. The van der Waals surface area contributed by atoms with Crippen LogP contribution >= 0.6 is 23.2 Å². The molecule has 0 atom stereocenters. The number of benzene rings is 1. The zero-order chi connectivity index (χ0) is 12.8. The summed E-state index contributed by atoms with van der Waals surface area (Å²) >= 11 is 11.5. The van der Waals surface area contributed by atoms with Gasteiger partial charge in [0, 0.05) is 22.3 Å². The van der Waals surface area contributed by atoms with Crippen molar-refractivity contribution >= 4 is 40.9 Å². The first kappa shape index (κ1) is 13.6. The number of hydrogen-bond acceptors (Lipinski definition) is 2. The van der Waals surface area contributed by atoms with Crippen molar-refractivity contribution in [1.29, 1.82) is 0 Å². The first-order valence-electron chi connectivity index (χ1n) is 4.70. The minimum Gasteiger partial charge on any atom is -0.481 e. The van der Waals surface area contributed by atoms with Crippen LogP contribution in [0.15, 0.2) is 18.2 Å². The molecule has 0 aliphatic carbocycles. The van der Waals surface area contributed by atoms with Crippen molar-refractivity contribution in [3.05, 3.63) is 28.2 Å². The number of anilines is 1. The monoisotopic (exact) mass is 276 g/mol. The van der Waals surface area contributed by atoms with Gasteiger partial charge in [-0.05, 0) is 18.2 Å². The van der Waals surface area contributed by atoms with Crippen LogP contribution in [0.25, 0.3) is 0 Å². The van der Waals surface area contributed by atoms with Crippen molar-refractivity contribution in [3.8, 4) is 0 Å². The maximum atomic E-state index is 11.3. The standard InChI is InChI=1S/C10H10Cl2N2O3/c11-6-3-7(12)5-8(4-6)14-10(17)13-2-1-9(15)16/h3-5H,1-2H2,(H,15,16)(H2,13,14,17). The summed E-state index contributed by atoms with van der Waals surface area (Å²) in [6.45, 7) is 0.0511. The molecule has 1 aromatic rings. The second-order valence-electron chi connectivity index (χ2n) is 3.18. The molecule has 0 saturated carbocycles. The lowest BCUT2D eigenvalue weighted by Gasteiger charge is -2.07. The molecule has 0 aliphatic rings. The Morgan fingerprint density at radius 3 is 2.29 bits per heavy atom. The molecule has 0 heterocycles. The van der Waals surface area contributed by atoms with E-state index in [9.17, 15) is 9.59 Å². The Hall–Kier alpha value is -1.46. The van der Waals surface area contributed by atoms with Gasteiger partial charge < -0.3 is 15.7 Å². The van der Waals surface area contributed by atoms with Crippen LogP contribution in [-0.4, -0.2) is 23.7 Å². The highest BCUT2D eigenvalue weighted by atomic mass is 35.5. The highest BCUT2D eigenvalue weighted by molar-refractivity contribution is 6.35. The number of halogens is 2. The Bertz CT molecular complexity index is 417. The van der Waals surface area contributed by atoms with Crippen molar-refractivity contribution in [3.63, 3.8) is 0 Å². The van der Waals surface area contributed by atoms with Gasteiger partial charge in [-0.2, -0.15) is 0 Å². The number of carbonyl (C=O) groups excluding carboxylic acids is 1. The minimum atomic E-state index is -0.976. The lowest BCUT2D eigenvalue weighted by molar-refractivity contribution is -0.136. The minimum absolute atomic E-state index is 0.0511. The Kier molecular flexibility index (Phi) is 5.06. The third kappa shape index (κ3) is 5.42. The fourth-order valence-electron chi connectivity index (χ4n) is 1.08. The normalized spacial score (nSPS) is 9.76. The van der Waals surface area contributed by atoms with Gasteiger partial charge in [-0.15, -0.1) is 0 Å². The number of carboxylic acid groups (broad SMARTS) is 1. The van der Waals surface area contributed by atoms with Crippen LogP contribution in [0.2, 0.25) is 10.0 Å². The summed E-state index contributed by atoms with van der Waals surface area (Å²) in [6.07, 6.45) is -0.135. The van der Waals surface area contributed by atoms with E-state index in [0.29, 0.717) is 15.7 Å². The topological polar surface area (TPSA) is 78.4 Å². The van der Waals surface area contributed by atoms with Crippen LogP contribution in [-0.2, 0) is 4.79 Å². The van der Waals surface area contributed by atoms with Crippen LogP contribution in [0.4, 0.5) is 10.5 Å². The highest BCUT2D eigenvalue weighted by Gasteiger charge is 2.04. The van der Waals surface area contributed by atoms with E-state index >= 15 is 0 Å². The molecule has 5 nitrogen and oxygen atoms in total.